The van der Waals surface area contributed by atoms with Gasteiger partial charge >= 0.3 is 0 Å². The minimum absolute atomic E-state index is 0.106. The van der Waals surface area contributed by atoms with E-state index in [1.54, 1.807) is 36.8 Å². The molecule has 3 aromatic rings. The second kappa shape index (κ2) is 6.97. The molecule has 26 heavy (non-hydrogen) atoms. The number of ketones is 1. The Bertz CT molecular complexity index is 920. The van der Waals surface area contributed by atoms with Crippen molar-refractivity contribution in [3.8, 4) is 0 Å². The normalized spacial score (nSPS) is 15.4. The number of pyridine rings is 1. The van der Waals surface area contributed by atoms with E-state index in [1.165, 1.54) is 11.3 Å². The number of carbonyl (C=O) groups is 1. The number of rotatable bonds is 4. The van der Waals surface area contributed by atoms with Crippen molar-refractivity contribution >= 4 is 22.9 Å². The minimum atomic E-state index is -0.597. The number of fused-ring (bicyclic) bond motifs is 1. The third kappa shape index (κ3) is 3.13. The van der Waals surface area contributed by atoms with Crippen LogP contribution in [0.2, 0.25) is 0 Å². The third-order valence-corrected chi connectivity index (χ3v) is 5.19. The van der Waals surface area contributed by atoms with Crippen LogP contribution in [0.5, 0.6) is 0 Å². The quantitative estimate of drug-likeness (QED) is 0.711. The van der Waals surface area contributed by atoms with Crippen LogP contribution in [0.4, 0.5) is 5.82 Å². The molecule has 0 aromatic carbocycles. The smallest absolute Gasteiger partial charge is 0.225 e. The Kier molecular flexibility index (Phi) is 4.52. The van der Waals surface area contributed by atoms with Crippen LogP contribution in [0.1, 0.15) is 46.2 Å². The van der Waals surface area contributed by atoms with Crippen LogP contribution in [0.15, 0.2) is 36.0 Å². The van der Waals surface area contributed by atoms with Crippen molar-refractivity contribution in [2.24, 2.45) is 0 Å². The summed E-state index contributed by atoms with van der Waals surface area (Å²) >= 11 is 1.33. The molecule has 0 spiro atoms. The molecular weight excluding hydrogens is 350 g/mol. The van der Waals surface area contributed by atoms with Gasteiger partial charge in [0.2, 0.25) is 5.78 Å². The van der Waals surface area contributed by atoms with E-state index < -0.39 is 6.10 Å². The van der Waals surface area contributed by atoms with Gasteiger partial charge in [-0.1, -0.05) is 0 Å². The van der Waals surface area contributed by atoms with Gasteiger partial charge in [0.25, 0.3) is 0 Å². The molecule has 0 aliphatic carbocycles. The van der Waals surface area contributed by atoms with Crippen molar-refractivity contribution in [1.82, 2.24) is 19.7 Å². The minimum Gasteiger partial charge on any atom is -0.387 e. The first-order chi connectivity index (χ1) is 12.6. The number of nitrogens with zero attached hydrogens (tertiary/aromatic N) is 5. The van der Waals surface area contributed by atoms with E-state index >= 15 is 0 Å². The number of aromatic nitrogens is 4. The summed E-state index contributed by atoms with van der Waals surface area (Å²) in [6.45, 7) is 3.86. The number of hydrogen-bond donors (Lipinski definition) is 1. The number of aryl methyl sites for hydroxylation is 1. The molecular formula is C18H19N5O2S. The summed E-state index contributed by atoms with van der Waals surface area (Å²) in [4.78, 5) is 23.6. The summed E-state index contributed by atoms with van der Waals surface area (Å²) in [6, 6.07) is 5.50. The number of thiazole rings is 1. The van der Waals surface area contributed by atoms with Crippen LogP contribution in [0.3, 0.4) is 0 Å². The van der Waals surface area contributed by atoms with Gasteiger partial charge in [-0.15, -0.1) is 11.3 Å². The predicted octanol–water partition coefficient (Wildman–Crippen LogP) is 2.43. The summed E-state index contributed by atoms with van der Waals surface area (Å²) < 4.78 is 1.94. The average molecular weight is 369 g/mol. The molecule has 0 radical (unpaired) electrons. The highest BCUT2D eigenvalue weighted by Gasteiger charge is 2.24. The van der Waals surface area contributed by atoms with Crippen LogP contribution in [0.25, 0.3) is 0 Å². The van der Waals surface area contributed by atoms with Crippen molar-refractivity contribution in [2.45, 2.75) is 32.5 Å². The summed E-state index contributed by atoms with van der Waals surface area (Å²) in [7, 11) is 0. The Hall–Kier alpha value is -2.58. The molecule has 1 atom stereocenters. The monoisotopic (exact) mass is 369 g/mol. The molecule has 0 bridgehead atoms. The molecule has 4 rings (SSSR count). The fraction of sp³-hybridized carbons (Fsp3) is 0.333. The lowest BCUT2D eigenvalue weighted by atomic mass is 10.1. The van der Waals surface area contributed by atoms with Gasteiger partial charge < -0.3 is 10.0 Å². The molecule has 4 heterocycles. The standard InChI is InChI=1S/C18H19N5O2S/c1-12(24)15-10-13-11-22(7-3-8-23(13)21-15)17-14(4-2-5-19-17)16(25)18-20-6-9-26-18/h2,4-6,9-10,12,24H,3,7-8,11H2,1H3/t12-/m1/s1. The van der Waals surface area contributed by atoms with Gasteiger partial charge in [-0.3, -0.25) is 9.48 Å². The first kappa shape index (κ1) is 16.9. The van der Waals surface area contributed by atoms with Crippen molar-refractivity contribution in [3.63, 3.8) is 0 Å². The summed E-state index contributed by atoms with van der Waals surface area (Å²) in [6.07, 6.45) is 3.63. The zero-order valence-electron chi connectivity index (χ0n) is 14.4. The summed E-state index contributed by atoms with van der Waals surface area (Å²) in [5.41, 5.74) is 2.24. The van der Waals surface area contributed by atoms with Crippen molar-refractivity contribution < 1.29 is 9.90 Å². The van der Waals surface area contributed by atoms with Crippen LogP contribution in [-0.2, 0) is 13.1 Å². The zero-order chi connectivity index (χ0) is 18.1. The SMILES string of the molecule is C[C@@H](O)c1cc2n(n1)CCCN(c1ncccc1C(=O)c1nccs1)C2. The first-order valence-corrected chi connectivity index (χ1v) is 9.40. The van der Waals surface area contributed by atoms with E-state index in [-0.39, 0.29) is 5.78 Å². The molecule has 0 unspecified atom stereocenters. The molecule has 8 heteroatoms. The molecule has 0 amide bonds. The third-order valence-electron chi connectivity index (χ3n) is 4.42. The second-order valence-corrected chi connectivity index (χ2v) is 7.17. The highest BCUT2D eigenvalue weighted by atomic mass is 32.1. The molecule has 1 aliphatic heterocycles. The number of aliphatic hydroxyl groups excluding tert-OH is 1. The summed E-state index contributed by atoms with van der Waals surface area (Å²) in [5, 5.41) is 16.5. The van der Waals surface area contributed by atoms with Crippen LogP contribution in [0, 0.1) is 0 Å². The Balaban J connectivity index is 1.68. The van der Waals surface area contributed by atoms with Crippen molar-refractivity contribution in [1.29, 1.82) is 0 Å². The Morgan fingerprint density at radius 3 is 2.96 bits per heavy atom. The molecule has 0 fully saturated rings. The largest absolute Gasteiger partial charge is 0.387 e. The van der Waals surface area contributed by atoms with E-state index in [4.69, 9.17) is 0 Å². The van der Waals surface area contributed by atoms with Gasteiger partial charge in [0.1, 0.15) is 5.82 Å². The zero-order valence-corrected chi connectivity index (χ0v) is 15.2. The maximum atomic E-state index is 12.8. The lowest BCUT2D eigenvalue weighted by Gasteiger charge is -2.23. The molecule has 0 saturated carbocycles. The van der Waals surface area contributed by atoms with Crippen molar-refractivity contribution in [3.05, 3.63) is 57.9 Å². The average Bonchev–Trinajstić information content (AvgIpc) is 3.27. The molecule has 7 nitrogen and oxygen atoms in total. The summed E-state index contributed by atoms with van der Waals surface area (Å²) in [5.74, 6) is 0.562. The highest BCUT2D eigenvalue weighted by molar-refractivity contribution is 7.11. The fourth-order valence-electron chi connectivity index (χ4n) is 3.15. The van der Waals surface area contributed by atoms with E-state index in [2.05, 4.69) is 20.0 Å². The van der Waals surface area contributed by atoms with E-state index in [0.717, 1.165) is 25.2 Å². The molecule has 3 aromatic heterocycles. The maximum Gasteiger partial charge on any atom is 0.225 e. The van der Waals surface area contributed by atoms with Crippen LogP contribution in [-0.4, -0.2) is 37.2 Å². The van der Waals surface area contributed by atoms with E-state index in [1.807, 2.05) is 10.7 Å². The van der Waals surface area contributed by atoms with Gasteiger partial charge in [0.05, 0.1) is 29.6 Å². The van der Waals surface area contributed by atoms with Gasteiger partial charge in [-0.05, 0) is 31.5 Å². The van der Waals surface area contributed by atoms with Gasteiger partial charge in [0.15, 0.2) is 5.01 Å². The highest BCUT2D eigenvalue weighted by Crippen LogP contribution is 2.26. The number of hydrogen-bond acceptors (Lipinski definition) is 7. The Morgan fingerprint density at radius 2 is 2.19 bits per heavy atom. The second-order valence-electron chi connectivity index (χ2n) is 6.28. The van der Waals surface area contributed by atoms with E-state index in [9.17, 15) is 9.90 Å². The number of anilines is 1. The van der Waals surface area contributed by atoms with Gasteiger partial charge in [0, 0.05) is 30.9 Å². The Labute approximate surface area is 154 Å². The molecule has 1 aliphatic rings. The van der Waals surface area contributed by atoms with Crippen LogP contribution < -0.4 is 4.90 Å². The molecule has 1 N–H and O–H groups in total. The number of aliphatic hydroxyl groups is 1. The topological polar surface area (TPSA) is 84.1 Å². The fourth-order valence-corrected chi connectivity index (χ4v) is 3.74. The predicted molar refractivity (Wildman–Crippen MR) is 98.3 cm³/mol. The Morgan fingerprint density at radius 1 is 1.31 bits per heavy atom. The lowest BCUT2D eigenvalue weighted by Crippen LogP contribution is -2.26. The first-order valence-electron chi connectivity index (χ1n) is 8.52. The maximum absolute atomic E-state index is 12.8. The van der Waals surface area contributed by atoms with E-state index in [0.29, 0.717) is 28.6 Å². The van der Waals surface area contributed by atoms with Crippen LogP contribution >= 0.6 is 11.3 Å². The van der Waals surface area contributed by atoms with Gasteiger partial charge in [-0.2, -0.15) is 5.10 Å². The van der Waals surface area contributed by atoms with Crippen molar-refractivity contribution in [2.75, 3.05) is 11.4 Å². The molecule has 134 valence electrons. The number of carbonyl (C=O) groups excluding carboxylic acids is 1. The lowest BCUT2D eigenvalue weighted by molar-refractivity contribution is 0.103. The molecule has 0 saturated heterocycles. The van der Waals surface area contributed by atoms with Gasteiger partial charge in [-0.25, -0.2) is 9.97 Å².